The molecule has 7 heteroatoms. The summed E-state index contributed by atoms with van der Waals surface area (Å²) in [6.45, 7) is -0.218. The second-order valence-electron chi connectivity index (χ2n) is 7.44. The van der Waals surface area contributed by atoms with E-state index in [1.54, 1.807) is 91.0 Å². The van der Waals surface area contributed by atoms with Crippen LogP contribution in [0.4, 0.5) is 0 Å². The maximum atomic E-state index is 12.8. The highest BCUT2D eigenvalue weighted by Crippen LogP contribution is 2.22. The molecule has 3 atom stereocenters. The zero-order valence-corrected chi connectivity index (χ0v) is 18.1. The first-order chi connectivity index (χ1) is 16.6. The van der Waals surface area contributed by atoms with Gasteiger partial charge in [-0.3, -0.25) is 0 Å². The van der Waals surface area contributed by atoms with Gasteiger partial charge < -0.3 is 18.9 Å². The van der Waals surface area contributed by atoms with E-state index in [1.807, 2.05) is 0 Å². The molecule has 3 unspecified atom stereocenters. The van der Waals surface area contributed by atoms with E-state index < -0.39 is 36.2 Å². The lowest BCUT2D eigenvalue weighted by Crippen LogP contribution is -2.48. The number of carbonyl (C=O) groups is 3. The molecule has 7 nitrogen and oxygen atoms in total. The Morgan fingerprint density at radius 3 is 1.65 bits per heavy atom. The van der Waals surface area contributed by atoms with Gasteiger partial charge in [0.2, 0.25) is 0 Å². The fourth-order valence-electron chi connectivity index (χ4n) is 3.35. The highest BCUT2D eigenvalue weighted by atomic mass is 16.6. The Kier molecular flexibility index (Phi) is 7.35. The molecule has 0 bridgehead atoms. The van der Waals surface area contributed by atoms with Crippen molar-refractivity contribution in [1.82, 2.24) is 0 Å². The van der Waals surface area contributed by atoms with E-state index in [2.05, 4.69) is 0 Å². The summed E-state index contributed by atoms with van der Waals surface area (Å²) in [4.78, 5) is 37.8. The van der Waals surface area contributed by atoms with Gasteiger partial charge in [-0.05, 0) is 42.5 Å². The molecule has 0 fully saturated rings. The molecule has 4 rings (SSSR count). The maximum absolute atomic E-state index is 12.8. The van der Waals surface area contributed by atoms with Crippen LogP contribution < -0.4 is 0 Å². The van der Waals surface area contributed by atoms with Crippen LogP contribution in [0.2, 0.25) is 0 Å². The summed E-state index contributed by atoms with van der Waals surface area (Å²) in [5, 5.41) is 0. The van der Waals surface area contributed by atoms with Crippen molar-refractivity contribution in [1.29, 1.82) is 0 Å². The first-order valence-corrected chi connectivity index (χ1v) is 10.7. The number of hydrogen-bond donors (Lipinski definition) is 0. The molecule has 1 aliphatic rings. The third kappa shape index (κ3) is 5.69. The predicted octanol–water partition coefficient (Wildman–Crippen LogP) is 4.21. The van der Waals surface area contributed by atoms with Crippen LogP contribution in [-0.4, -0.2) is 42.8 Å². The van der Waals surface area contributed by atoms with Crippen molar-refractivity contribution in [2.45, 2.75) is 18.3 Å². The minimum absolute atomic E-state index is 0.218. The van der Waals surface area contributed by atoms with Gasteiger partial charge in [0.25, 0.3) is 0 Å². The van der Waals surface area contributed by atoms with E-state index in [4.69, 9.17) is 18.9 Å². The van der Waals surface area contributed by atoms with Gasteiger partial charge >= 0.3 is 17.9 Å². The molecule has 34 heavy (non-hydrogen) atoms. The standard InChI is InChI=1S/C27H22O7/c28-25(19-10-4-1-5-11-19)32-18-23-24(34-27(30)21-14-8-3-9-15-21)22(16-17-31-23)33-26(29)20-12-6-2-7-13-20/h1-17,22-24H,18H2. The van der Waals surface area contributed by atoms with Crippen LogP contribution in [0.5, 0.6) is 0 Å². The van der Waals surface area contributed by atoms with Gasteiger partial charge in [-0.25, -0.2) is 14.4 Å². The van der Waals surface area contributed by atoms with Gasteiger partial charge in [0.15, 0.2) is 18.3 Å². The predicted molar refractivity (Wildman–Crippen MR) is 122 cm³/mol. The van der Waals surface area contributed by atoms with E-state index in [1.165, 1.54) is 12.3 Å². The molecule has 3 aromatic carbocycles. The largest absolute Gasteiger partial charge is 0.491 e. The number of hydrogen-bond acceptors (Lipinski definition) is 7. The summed E-state index contributed by atoms with van der Waals surface area (Å²) < 4.78 is 22.3. The first-order valence-electron chi connectivity index (χ1n) is 10.7. The second-order valence-corrected chi connectivity index (χ2v) is 7.44. The lowest BCUT2D eigenvalue weighted by atomic mass is 10.1. The van der Waals surface area contributed by atoms with Crippen LogP contribution >= 0.6 is 0 Å². The van der Waals surface area contributed by atoms with Crippen LogP contribution in [0.1, 0.15) is 31.1 Å². The van der Waals surface area contributed by atoms with Crippen LogP contribution in [0, 0.1) is 0 Å². The number of carbonyl (C=O) groups excluding carboxylic acids is 3. The van der Waals surface area contributed by atoms with Crippen LogP contribution in [0.3, 0.4) is 0 Å². The molecule has 0 aromatic heterocycles. The summed E-state index contributed by atoms with van der Waals surface area (Å²) in [5.41, 5.74) is 1.05. The lowest BCUT2D eigenvalue weighted by Gasteiger charge is -2.33. The van der Waals surface area contributed by atoms with Gasteiger partial charge in [-0.15, -0.1) is 0 Å². The molecule has 0 radical (unpaired) electrons. The summed E-state index contributed by atoms with van der Waals surface area (Å²) in [6.07, 6.45) is -0.0572. The molecule has 172 valence electrons. The molecule has 0 N–H and O–H groups in total. The monoisotopic (exact) mass is 458 g/mol. The van der Waals surface area contributed by atoms with Crippen LogP contribution in [-0.2, 0) is 18.9 Å². The zero-order valence-electron chi connectivity index (χ0n) is 18.1. The minimum Gasteiger partial charge on any atom is -0.491 e. The van der Waals surface area contributed by atoms with Crippen molar-refractivity contribution < 1.29 is 33.3 Å². The molecule has 1 heterocycles. The molecule has 0 saturated carbocycles. The number of ether oxygens (including phenoxy) is 4. The fraction of sp³-hybridized carbons (Fsp3) is 0.148. The normalized spacial score (nSPS) is 18.9. The van der Waals surface area contributed by atoms with Crippen molar-refractivity contribution in [2.75, 3.05) is 6.61 Å². The highest BCUT2D eigenvalue weighted by molar-refractivity contribution is 5.91. The molecule has 3 aromatic rings. The Morgan fingerprint density at radius 2 is 1.12 bits per heavy atom. The SMILES string of the molecule is O=C(OCC1OC=CC(OC(=O)c2ccccc2)C1OC(=O)c1ccccc1)c1ccccc1. The molecule has 0 saturated heterocycles. The Balaban J connectivity index is 1.51. The third-order valence-electron chi connectivity index (χ3n) is 5.11. The van der Waals surface area contributed by atoms with Gasteiger partial charge in [0, 0.05) is 0 Å². The summed E-state index contributed by atoms with van der Waals surface area (Å²) in [6, 6.07) is 25.4. The lowest BCUT2D eigenvalue weighted by molar-refractivity contribution is -0.0981. The molecule has 0 aliphatic carbocycles. The topological polar surface area (TPSA) is 88.1 Å². The van der Waals surface area contributed by atoms with Crippen molar-refractivity contribution in [2.24, 2.45) is 0 Å². The first kappa shape index (κ1) is 22.8. The van der Waals surface area contributed by atoms with Crippen molar-refractivity contribution >= 4 is 17.9 Å². The van der Waals surface area contributed by atoms with Gasteiger partial charge in [-0.1, -0.05) is 54.6 Å². The van der Waals surface area contributed by atoms with Gasteiger partial charge in [-0.2, -0.15) is 0 Å². The van der Waals surface area contributed by atoms with E-state index in [9.17, 15) is 14.4 Å². The summed E-state index contributed by atoms with van der Waals surface area (Å²) in [5.74, 6) is -1.76. The van der Waals surface area contributed by atoms with Crippen molar-refractivity contribution in [3.8, 4) is 0 Å². The summed E-state index contributed by atoms with van der Waals surface area (Å²) in [7, 11) is 0. The Labute approximate surface area is 196 Å². The Morgan fingerprint density at radius 1 is 0.647 bits per heavy atom. The highest BCUT2D eigenvalue weighted by Gasteiger charge is 2.39. The van der Waals surface area contributed by atoms with Gasteiger partial charge in [0.1, 0.15) is 6.61 Å². The van der Waals surface area contributed by atoms with Crippen molar-refractivity contribution in [3.05, 3.63) is 120 Å². The smallest absolute Gasteiger partial charge is 0.338 e. The second kappa shape index (κ2) is 11.0. The molecule has 1 aliphatic heterocycles. The minimum atomic E-state index is -1.05. The van der Waals surface area contributed by atoms with Crippen LogP contribution in [0.15, 0.2) is 103 Å². The van der Waals surface area contributed by atoms with E-state index in [-0.39, 0.29) is 6.61 Å². The van der Waals surface area contributed by atoms with Crippen LogP contribution in [0.25, 0.3) is 0 Å². The van der Waals surface area contributed by atoms with E-state index >= 15 is 0 Å². The average Bonchev–Trinajstić information content (AvgIpc) is 2.90. The molecular formula is C27H22O7. The Hall–Kier alpha value is -4.39. The Bertz CT molecular complexity index is 1140. The zero-order chi connectivity index (χ0) is 23.8. The maximum Gasteiger partial charge on any atom is 0.338 e. The van der Waals surface area contributed by atoms with Gasteiger partial charge in [0.05, 0.1) is 23.0 Å². The molecule has 0 spiro atoms. The molecular weight excluding hydrogens is 436 g/mol. The number of benzene rings is 3. The third-order valence-corrected chi connectivity index (χ3v) is 5.11. The van der Waals surface area contributed by atoms with E-state index in [0.29, 0.717) is 16.7 Å². The van der Waals surface area contributed by atoms with E-state index in [0.717, 1.165) is 0 Å². The molecule has 0 amide bonds. The van der Waals surface area contributed by atoms with Crippen molar-refractivity contribution in [3.63, 3.8) is 0 Å². The quantitative estimate of drug-likeness (QED) is 0.387. The number of esters is 3. The average molecular weight is 458 g/mol. The number of rotatable bonds is 7. The fourth-order valence-corrected chi connectivity index (χ4v) is 3.35. The summed E-state index contributed by atoms with van der Waals surface area (Å²) >= 11 is 0.